The number of hydrogen-bond acceptors (Lipinski definition) is 5. The summed E-state index contributed by atoms with van der Waals surface area (Å²) in [5, 5.41) is 0. The fourth-order valence-corrected chi connectivity index (χ4v) is 1.92. The maximum atomic E-state index is 11.1. The minimum atomic E-state index is -1.05. The van der Waals surface area contributed by atoms with Gasteiger partial charge in [-0.2, -0.15) is 0 Å². The maximum absolute atomic E-state index is 11.1. The van der Waals surface area contributed by atoms with Crippen LogP contribution in [0.25, 0.3) is 0 Å². The second kappa shape index (κ2) is 7.98. The Hall–Kier alpha value is -2.82. The van der Waals surface area contributed by atoms with Crippen LogP contribution in [-0.2, 0) is 25.7 Å². The molecule has 5 heteroatoms. The van der Waals surface area contributed by atoms with Gasteiger partial charge in [0.25, 0.3) is 6.29 Å². The van der Waals surface area contributed by atoms with Gasteiger partial charge in [-0.1, -0.05) is 30.3 Å². The molecule has 0 saturated heterocycles. The summed E-state index contributed by atoms with van der Waals surface area (Å²) in [7, 11) is 0. The molecule has 2 aromatic carbocycles. The van der Waals surface area contributed by atoms with Crippen molar-refractivity contribution in [2.75, 3.05) is 0 Å². The first kappa shape index (κ1) is 16.5. The molecule has 120 valence electrons. The Labute approximate surface area is 134 Å². The van der Waals surface area contributed by atoms with E-state index in [9.17, 15) is 9.59 Å². The highest BCUT2D eigenvalue weighted by atomic mass is 16.7. The van der Waals surface area contributed by atoms with Gasteiger partial charge in [-0.3, -0.25) is 9.59 Å². The van der Waals surface area contributed by atoms with Crippen LogP contribution in [0.2, 0.25) is 0 Å². The standard InChI is InChI=1S/C18H18O5/c1-13(19)22-18(23-14(2)20)16-8-10-17(11-9-16)21-12-15-6-4-3-5-7-15/h3-11,18H,12H2,1-2H3. The zero-order valence-corrected chi connectivity index (χ0v) is 13.0. The van der Waals surface area contributed by atoms with E-state index in [1.165, 1.54) is 13.8 Å². The van der Waals surface area contributed by atoms with Gasteiger partial charge in [0.1, 0.15) is 12.4 Å². The second-order valence-electron chi connectivity index (χ2n) is 4.89. The number of benzene rings is 2. The number of carbonyl (C=O) groups is 2. The van der Waals surface area contributed by atoms with Crippen LogP contribution in [0.1, 0.15) is 31.3 Å². The van der Waals surface area contributed by atoms with Crippen molar-refractivity contribution in [2.24, 2.45) is 0 Å². The first-order valence-corrected chi connectivity index (χ1v) is 7.15. The monoisotopic (exact) mass is 314 g/mol. The Kier molecular flexibility index (Phi) is 5.74. The summed E-state index contributed by atoms with van der Waals surface area (Å²) < 4.78 is 15.7. The molecule has 0 heterocycles. The minimum Gasteiger partial charge on any atom is -0.489 e. The van der Waals surface area contributed by atoms with Crippen molar-refractivity contribution in [3.63, 3.8) is 0 Å². The van der Waals surface area contributed by atoms with Gasteiger partial charge in [0, 0.05) is 19.4 Å². The summed E-state index contributed by atoms with van der Waals surface area (Å²) in [5.41, 5.74) is 1.62. The van der Waals surface area contributed by atoms with Crippen molar-refractivity contribution in [3.8, 4) is 5.75 Å². The van der Waals surface area contributed by atoms with Crippen LogP contribution in [0.4, 0.5) is 0 Å². The van der Waals surface area contributed by atoms with Gasteiger partial charge >= 0.3 is 11.9 Å². The highest BCUT2D eigenvalue weighted by Crippen LogP contribution is 2.23. The van der Waals surface area contributed by atoms with Crippen LogP contribution in [0.15, 0.2) is 54.6 Å². The molecule has 0 unspecified atom stereocenters. The number of rotatable bonds is 6. The van der Waals surface area contributed by atoms with Gasteiger partial charge in [-0.05, 0) is 29.8 Å². The van der Waals surface area contributed by atoms with Crippen molar-refractivity contribution < 1.29 is 23.8 Å². The smallest absolute Gasteiger partial charge is 0.305 e. The third kappa shape index (κ3) is 5.47. The first-order valence-electron chi connectivity index (χ1n) is 7.15. The van der Waals surface area contributed by atoms with Crippen molar-refractivity contribution >= 4 is 11.9 Å². The van der Waals surface area contributed by atoms with E-state index in [0.717, 1.165) is 5.56 Å². The zero-order chi connectivity index (χ0) is 16.7. The van der Waals surface area contributed by atoms with Crippen LogP contribution in [0.5, 0.6) is 5.75 Å². The molecule has 23 heavy (non-hydrogen) atoms. The summed E-state index contributed by atoms with van der Waals surface area (Å²) in [5.74, 6) is -0.386. The van der Waals surface area contributed by atoms with Crippen LogP contribution < -0.4 is 4.74 Å². The van der Waals surface area contributed by atoms with E-state index in [1.54, 1.807) is 24.3 Å². The van der Waals surface area contributed by atoms with E-state index in [2.05, 4.69) is 0 Å². The Morgan fingerprint density at radius 3 is 1.96 bits per heavy atom. The average molecular weight is 314 g/mol. The lowest BCUT2D eigenvalue weighted by Crippen LogP contribution is -2.14. The zero-order valence-electron chi connectivity index (χ0n) is 13.0. The molecule has 0 N–H and O–H groups in total. The molecule has 0 aliphatic carbocycles. The van der Waals surface area contributed by atoms with E-state index < -0.39 is 18.2 Å². The summed E-state index contributed by atoms with van der Waals surface area (Å²) in [6.07, 6.45) is -1.05. The summed E-state index contributed by atoms with van der Waals surface area (Å²) in [6, 6.07) is 16.7. The molecule has 0 saturated carbocycles. The lowest BCUT2D eigenvalue weighted by Gasteiger charge is -2.17. The molecule has 0 bridgehead atoms. The second-order valence-corrected chi connectivity index (χ2v) is 4.89. The van der Waals surface area contributed by atoms with Crippen LogP contribution in [-0.4, -0.2) is 11.9 Å². The van der Waals surface area contributed by atoms with E-state index in [-0.39, 0.29) is 0 Å². The maximum Gasteiger partial charge on any atom is 0.305 e. The molecular formula is C18H18O5. The molecule has 0 radical (unpaired) electrons. The SMILES string of the molecule is CC(=O)OC(OC(C)=O)c1ccc(OCc2ccccc2)cc1. The molecule has 2 rings (SSSR count). The highest BCUT2D eigenvalue weighted by molar-refractivity contribution is 5.68. The van der Waals surface area contributed by atoms with Gasteiger partial charge in [0.2, 0.25) is 0 Å². The molecular weight excluding hydrogens is 296 g/mol. The summed E-state index contributed by atoms with van der Waals surface area (Å²) in [4.78, 5) is 22.2. The molecule has 0 atom stereocenters. The lowest BCUT2D eigenvalue weighted by atomic mass is 10.2. The number of carbonyl (C=O) groups excluding carboxylic acids is 2. The predicted octanol–water partition coefficient (Wildman–Crippen LogP) is 3.39. The van der Waals surface area contributed by atoms with Crippen molar-refractivity contribution in [2.45, 2.75) is 26.7 Å². The normalized spacial score (nSPS) is 10.2. The van der Waals surface area contributed by atoms with Gasteiger partial charge in [-0.15, -0.1) is 0 Å². The van der Waals surface area contributed by atoms with Crippen molar-refractivity contribution in [1.82, 2.24) is 0 Å². The van der Waals surface area contributed by atoms with Crippen molar-refractivity contribution in [3.05, 3.63) is 65.7 Å². The largest absolute Gasteiger partial charge is 0.489 e. The van der Waals surface area contributed by atoms with Gasteiger partial charge in [0.15, 0.2) is 0 Å². The van der Waals surface area contributed by atoms with E-state index in [4.69, 9.17) is 14.2 Å². The molecule has 0 aromatic heterocycles. The van der Waals surface area contributed by atoms with E-state index in [0.29, 0.717) is 17.9 Å². The number of hydrogen-bond donors (Lipinski definition) is 0. The number of esters is 2. The Morgan fingerprint density at radius 1 is 0.870 bits per heavy atom. The first-order chi connectivity index (χ1) is 11.0. The predicted molar refractivity (Wildman–Crippen MR) is 83.5 cm³/mol. The topological polar surface area (TPSA) is 61.8 Å². The van der Waals surface area contributed by atoms with Crippen LogP contribution >= 0.6 is 0 Å². The number of ether oxygens (including phenoxy) is 3. The van der Waals surface area contributed by atoms with E-state index in [1.807, 2.05) is 30.3 Å². The lowest BCUT2D eigenvalue weighted by molar-refractivity contribution is -0.186. The molecule has 0 aliphatic rings. The molecule has 0 spiro atoms. The van der Waals surface area contributed by atoms with Crippen molar-refractivity contribution in [1.29, 1.82) is 0 Å². The average Bonchev–Trinajstić information content (AvgIpc) is 2.53. The Bertz CT molecular complexity index is 633. The quantitative estimate of drug-likeness (QED) is 0.604. The van der Waals surface area contributed by atoms with Crippen LogP contribution in [0, 0.1) is 0 Å². The van der Waals surface area contributed by atoms with Crippen LogP contribution in [0.3, 0.4) is 0 Å². The summed E-state index contributed by atoms with van der Waals surface area (Å²) in [6.45, 7) is 2.97. The fourth-order valence-electron chi connectivity index (χ4n) is 1.92. The molecule has 2 aromatic rings. The van der Waals surface area contributed by atoms with Gasteiger partial charge in [-0.25, -0.2) is 0 Å². The van der Waals surface area contributed by atoms with E-state index >= 15 is 0 Å². The third-order valence-electron chi connectivity index (χ3n) is 2.95. The third-order valence-corrected chi connectivity index (χ3v) is 2.95. The summed E-state index contributed by atoms with van der Waals surface area (Å²) >= 11 is 0. The van der Waals surface area contributed by atoms with Gasteiger partial charge < -0.3 is 14.2 Å². The molecule has 0 fully saturated rings. The molecule has 0 aliphatic heterocycles. The minimum absolute atomic E-state index is 0.456. The van der Waals surface area contributed by atoms with Gasteiger partial charge in [0.05, 0.1) is 0 Å². The molecule has 5 nitrogen and oxygen atoms in total. The molecule has 0 amide bonds. The Balaban J connectivity index is 2.01. The Morgan fingerprint density at radius 2 is 1.43 bits per heavy atom. The highest BCUT2D eigenvalue weighted by Gasteiger charge is 2.17. The fraction of sp³-hybridized carbons (Fsp3) is 0.222.